The van der Waals surface area contributed by atoms with E-state index in [9.17, 15) is 9.59 Å². The monoisotopic (exact) mass is 418 g/mol. The molecule has 1 atom stereocenters. The van der Waals surface area contributed by atoms with Gasteiger partial charge in [0.05, 0.1) is 19.6 Å². The van der Waals surface area contributed by atoms with Crippen LogP contribution in [0.3, 0.4) is 0 Å². The molecule has 1 aromatic rings. The van der Waals surface area contributed by atoms with Gasteiger partial charge in [0.15, 0.2) is 0 Å². The fourth-order valence-electron chi connectivity index (χ4n) is 4.24. The van der Waals surface area contributed by atoms with Crippen LogP contribution in [0.1, 0.15) is 42.5 Å². The lowest BCUT2D eigenvalue weighted by atomic mass is 9.98. The third-order valence-corrected chi connectivity index (χ3v) is 5.93. The molecule has 0 spiro atoms. The van der Waals surface area contributed by atoms with Crippen LogP contribution in [0.4, 0.5) is 0 Å². The first-order chi connectivity index (χ1) is 14.6. The van der Waals surface area contributed by atoms with Crippen LogP contribution < -0.4 is 4.74 Å². The first-order valence-electron chi connectivity index (χ1n) is 10.9. The minimum atomic E-state index is 0.0743. The standard InChI is InChI=1S/C23H34N2O5/c1-28-15-11-22(26)24-13-9-21(10-14-24)30-20-7-5-19(6-8-20)23(27)25-12-3-4-18(16-25)17-29-2/h5-8,18,21H,3-4,9-17H2,1-2H3/t18-/m1/s1. The fourth-order valence-corrected chi connectivity index (χ4v) is 4.24. The minimum Gasteiger partial charge on any atom is -0.490 e. The third kappa shape index (κ3) is 6.19. The lowest BCUT2D eigenvalue weighted by molar-refractivity contribution is -0.133. The Kier molecular flexibility index (Phi) is 8.51. The maximum Gasteiger partial charge on any atom is 0.253 e. The van der Waals surface area contributed by atoms with Crippen molar-refractivity contribution < 1.29 is 23.8 Å². The van der Waals surface area contributed by atoms with Crippen LogP contribution in [0.15, 0.2) is 24.3 Å². The smallest absolute Gasteiger partial charge is 0.253 e. The van der Waals surface area contributed by atoms with Crippen LogP contribution in [-0.2, 0) is 14.3 Å². The maximum absolute atomic E-state index is 12.8. The Morgan fingerprint density at radius 2 is 1.70 bits per heavy atom. The van der Waals surface area contributed by atoms with Gasteiger partial charge in [-0.1, -0.05) is 0 Å². The highest BCUT2D eigenvalue weighted by Crippen LogP contribution is 2.22. The normalized spacial score (nSPS) is 20.3. The molecular formula is C23H34N2O5. The van der Waals surface area contributed by atoms with E-state index in [-0.39, 0.29) is 17.9 Å². The number of carbonyl (C=O) groups is 2. The molecule has 0 aromatic heterocycles. The number of likely N-dealkylation sites (tertiary alicyclic amines) is 2. The number of piperidine rings is 2. The highest BCUT2D eigenvalue weighted by Gasteiger charge is 2.25. The second kappa shape index (κ2) is 11.3. The first kappa shape index (κ1) is 22.6. The van der Waals surface area contributed by atoms with E-state index in [0.29, 0.717) is 44.2 Å². The van der Waals surface area contributed by atoms with Gasteiger partial charge in [-0.3, -0.25) is 9.59 Å². The van der Waals surface area contributed by atoms with E-state index in [4.69, 9.17) is 14.2 Å². The van der Waals surface area contributed by atoms with E-state index < -0.39 is 0 Å². The molecule has 0 radical (unpaired) electrons. The van der Waals surface area contributed by atoms with Crippen LogP contribution in [0, 0.1) is 5.92 Å². The van der Waals surface area contributed by atoms with Gasteiger partial charge in [0, 0.05) is 58.8 Å². The van der Waals surface area contributed by atoms with E-state index in [1.165, 1.54) is 0 Å². The van der Waals surface area contributed by atoms with Gasteiger partial charge in [-0.05, 0) is 43.0 Å². The molecule has 2 saturated heterocycles. The van der Waals surface area contributed by atoms with Gasteiger partial charge in [-0.2, -0.15) is 0 Å². The summed E-state index contributed by atoms with van der Waals surface area (Å²) in [7, 11) is 3.32. The summed E-state index contributed by atoms with van der Waals surface area (Å²) in [4.78, 5) is 28.7. The second-order valence-electron chi connectivity index (χ2n) is 8.18. The summed E-state index contributed by atoms with van der Waals surface area (Å²) in [6.07, 6.45) is 4.28. The number of carbonyl (C=O) groups excluding carboxylic acids is 2. The van der Waals surface area contributed by atoms with Gasteiger partial charge < -0.3 is 24.0 Å². The van der Waals surface area contributed by atoms with E-state index in [1.54, 1.807) is 14.2 Å². The van der Waals surface area contributed by atoms with Crippen molar-refractivity contribution in [3.05, 3.63) is 29.8 Å². The molecule has 166 valence electrons. The third-order valence-electron chi connectivity index (χ3n) is 5.93. The Morgan fingerprint density at radius 1 is 0.967 bits per heavy atom. The Hall–Kier alpha value is -2.12. The number of ether oxygens (including phenoxy) is 3. The summed E-state index contributed by atoms with van der Waals surface area (Å²) in [5.74, 6) is 1.41. The van der Waals surface area contributed by atoms with Crippen molar-refractivity contribution in [3.63, 3.8) is 0 Å². The van der Waals surface area contributed by atoms with Crippen LogP contribution >= 0.6 is 0 Å². The minimum absolute atomic E-state index is 0.0743. The van der Waals surface area contributed by atoms with Crippen molar-refractivity contribution in [1.29, 1.82) is 0 Å². The Bertz CT molecular complexity index is 683. The zero-order chi connectivity index (χ0) is 21.3. The Labute approximate surface area is 179 Å². The average Bonchev–Trinajstić information content (AvgIpc) is 2.78. The number of amides is 2. The van der Waals surface area contributed by atoms with Crippen molar-refractivity contribution in [2.45, 2.75) is 38.2 Å². The zero-order valence-electron chi connectivity index (χ0n) is 18.2. The summed E-state index contributed by atoms with van der Waals surface area (Å²) in [5.41, 5.74) is 0.693. The molecule has 2 aliphatic rings. The van der Waals surface area contributed by atoms with Gasteiger partial charge >= 0.3 is 0 Å². The molecule has 0 aliphatic carbocycles. The van der Waals surface area contributed by atoms with Crippen LogP contribution in [0.5, 0.6) is 5.75 Å². The molecule has 0 unspecified atom stereocenters. The fraction of sp³-hybridized carbons (Fsp3) is 0.652. The highest BCUT2D eigenvalue weighted by molar-refractivity contribution is 5.94. The zero-order valence-corrected chi connectivity index (χ0v) is 18.2. The van der Waals surface area contributed by atoms with Gasteiger partial charge in [-0.25, -0.2) is 0 Å². The number of hydrogen-bond donors (Lipinski definition) is 0. The van der Waals surface area contributed by atoms with Crippen molar-refractivity contribution in [2.75, 3.05) is 53.6 Å². The molecule has 2 heterocycles. The Morgan fingerprint density at radius 3 is 2.37 bits per heavy atom. The van der Waals surface area contributed by atoms with Gasteiger partial charge in [0.2, 0.25) is 5.91 Å². The van der Waals surface area contributed by atoms with E-state index in [0.717, 1.165) is 44.5 Å². The van der Waals surface area contributed by atoms with Crippen molar-refractivity contribution in [1.82, 2.24) is 9.80 Å². The molecule has 0 N–H and O–H groups in total. The Balaban J connectivity index is 1.47. The van der Waals surface area contributed by atoms with Gasteiger partial charge in [-0.15, -0.1) is 0 Å². The van der Waals surface area contributed by atoms with E-state index >= 15 is 0 Å². The number of rotatable bonds is 8. The largest absolute Gasteiger partial charge is 0.490 e. The van der Waals surface area contributed by atoms with Crippen molar-refractivity contribution in [2.24, 2.45) is 5.92 Å². The predicted octanol–water partition coefficient (Wildman–Crippen LogP) is 2.59. The highest BCUT2D eigenvalue weighted by atomic mass is 16.5. The quantitative estimate of drug-likeness (QED) is 0.649. The molecule has 30 heavy (non-hydrogen) atoms. The first-order valence-corrected chi connectivity index (χ1v) is 10.9. The van der Waals surface area contributed by atoms with Gasteiger partial charge in [0.1, 0.15) is 11.9 Å². The van der Waals surface area contributed by atoms with E-state index in [2.05, 4.69) is 0 Å². The van der Waals surface area contributed by atoms with Gasteiger partial charge in [0.25, 0.3) is 5.91 Å². The summed E-state index contributed by atoms with van der Waals surface area (Å²) >= 11 is 0. The van der Waals surface area contributed by atoms with Crippen LogP contribution in [0.25, 0.3) is 0 Å². The summed E-state index contributed by atoms with van der Waals surface area (Å²) < 4.78 is 16.3. The molecule has 7 nitrogen and oxygen atoms in total. The number of benzene rings is 1. The predicted molar refractivity (Wildman–Crippen MR) is 114 cm³/mol. The maximum atomic E-state index is 12.8. The molecule has 2 fully saturated rings. The SMILES string of the molecule is COCCC(=O)N1CCC(Oc2ccc(C(=O)N3CCC[C@@H](COC)C3)cc2)CC1. The lowest BCUT2D eigenvalue weighted by Gasteiger charge is -2.33. The number of methoxy groups -OCH3 is 2. The second-order valence-corrected chi connectivity index (χ2v) is 8.18. The molecular weight excluding hydrogens is 384 g/mol. The lowest BCUT2D eigenvalue weighted by Crippen LogP contribution is -2.42. The molecule has 7 heteroatoms. The van der Waals surface area contributed by atoms with Crippen LogP contribution in [0.2, 0.25) is 0 Å². The van der Waals surface area contributed by atoms with E-state index in [1.807, 2.05) is 34.1 Å². The molecule has 1 aromatic carbocycles. The molecule has 2 aliphatic heterocycles. The molecule has 3 rings (SSSR count). The summed E-state index contributed by atoms with van der Waals surface area (Å²) in [6.45, 7) is 4.15. The summed E-state index contributed by atoms with van der Waals surface area (Å²) in [6, 6.07) is 7.45. The molecule has 2 amide bonds. The van der Waals surface area contributed by atoms with Crippen molar-refractivity contribution >= 4 is 11.8 Å². The average molecular weight is 419 g/mol. The summed E-state index contributed by atoms with van der Waals surface area (Å²) in [5, 5.41) is 0. The van der Waals surface area contributed by atoms with Crippen LogP contribution in [-0.4, -0.2) is 81.3 Å². The van der Waals surface area contributed by atoms with Crippen molar-refractivity contribution in [3.8, 4) is 5.75 Å². The number of nitrogens with zero attached hydrogens (tertiary/aromatic N) is 2. The topological polar surface area (TPSA) is 68.3 Å². The molecule has 0 bridgehead atoms. The number of hydrogen-bond acceptors (Lipinski definition) is 5. The molecule has 0 saturated carbocycles.